The van der Waals surface area contributed by atoms with Crippen LogP contribution in [0.15, 0.2) is 36.7 Å². The molecule has 0 aliphatic rings. The summed E-state index contributed by atoms with van der Waals surface area (Å²) in [6, 6.07) is 6.16. The Hall–Kier alpha value is -2.27. The predicted molar refractivity (Wildman–Crippen MR) is 68.7 cm³/mol. The molecule has 1 aromatic carbocycles. The van der Waals surface area contributed by atoms with Crippen molar-refractivity contribution in [1.29, 1.82) is 0 Å². The van der Waals surface area contributed by atoms with E-state index in [-0.39, 0.29) is 0 Å². The molecule has 2 aromatic rings. The van der Waals surface area contributed by atoms with E-state index < -0.39 is 5.91 Å². The highest BCUT2D eigenvalue weighted by Crippen LogP contribution is 2.28. The molecule has 0 spiro atoms. The Labute approximate surface area is 108 Å². The number of halogens is 1. The van der Waals surface area contributed by atoms with E-state index >= 15 is 0 Å². The van der Waals surface area contributed by atoms with Gasteiger partial charge in [0.25, 0.3) is 0 Å². The summed E-state index contributed by atoms with van der Waals surface area (Å²) in [6.07, 6.45) is 3.00. The summed E-state index contributed by atoms with van der Waals surface area (Å²) in [5.41, 5.74) is 11.5. The van der Waals surface area contributed by atoms with Gasteiger partial charge < -0.3 is 16.2 Å². The minimum Gasteiger partial charge on any atom is -0.454 e. The monoisotopic (exact) mass is 263 g/mol. The first kappa shape index (κ1) is 12.2. The molecule has 2 rings (SSSR count). The fourth-order valence-corrected chi connectivity index (χ4v) is 1.53. The fraction of sp³-hybridized carbons (Fsp3) is 0. The number of nitrogens with two attached hydrogens (primary N) is 2. The van der Waals surface area contributed by atoms with Crippen LogP contribution in [0.5, 0.6) is 11.5 Å². The van der Waals surface area contributed by atoms with Crippen LogP contribution in [-0.2, 0) is 0 Å². The number of rotatable bonds is 3. The van der Waals surface area contributed by atoms with Crippen molar-refractivity contribution in [1.82, 2.24) is 4.98 Å². The maximum absolute atomic E-state index is 11.0. The van der Waals surface area contributed by atoms with Gasteiger partial charge in [0.15, 0.2) is 0 Å². The van der Waals surface area contributed by atoms with E-state index in [2.05, 4.69) is 4.98 Å². The van der Waals surface area contributed by atoms with Crippen LogP contribution in [0.2, 0.25) is 5.02 Å². The van der Waals surface area contributed by atoms with Crippen molar-refractivity contribution >= 4 is 23.2 Å². The van der Waals surface area contributed by atoms with Gasteiger partial charge in [0.05, 0.1) is 16.9 Å². The summed E-state index contributed by atoms with van der Waals surface area (Å²) in [5, 5.41) is 0.458. The molecule has 6 heteroatoms. The van der Waals surface area contributed by atoms with Gasteiger partial charge in [-0.25, -0.2) is 0 Å². The normalized spacial score (nSPS) is 10.1. The van der Waals surface area contributed by atoms with Crippen LogP contribution in [0.4, 0.5) is 5.69 Å². The number of ether oxygens (including phenoxy) is 1. The number of anilines is 1. The molecule has 0 fully saturated rings. The van der Waals surface area contributed by atoms with Crippen LogP contribution in [0.25, 0.3) is 0 Å². The number of carbonyl (C=O) groups is 1. The van der Waals surface area contributed by atoms with Crippen molar-refractivity contribution in [2.75, 3.05) is 5.73 Å². The van der Waals surface area contributed by atoms with Gasteiger partial charge in [-0.05, 0) is 18.2 Å². The molecule has 92 valence electrons. The lowest BCUT2D eigenvalue weighted by Gasteiger charge is -2.09. The molecule has 0 unspecified atom stereocenters. The summed E-state index contributed by atoms with van der Waals surface area (Å²) < 4.78 is 5.50. The molecule has 0 saturated carbocycles. The standard InChI is InChI=1S/C12H10ClN3O2/c13-8-4-9(6-16-5-8)18-11-2-1-7(12(15)17)3-10(11)14/h1-6H,14H2,(H2,15,17). The number of nitrogen functional groups attached to an aromatic ring is 1. The van der Waals surface area contributed by atoms with E-state index in [9.17, 15) is 4.79 Å². The van der Waals surface area contributed by atoms with E-state index in [1.807, 2.05) is 0 Å². The molecule has 1 aromatic heterocycles. The third-order valence-electron chi connectivity index (χ3n) is 2.20. The second-order valence-electron chi connectivity index (χ2n) is 3.56. The second-order valence-corrected chi connectivity index (χ2v) is 3.99. The van der Waals surface area contributed by atoms with E-state index in [0.717, 1.165) is 0 Å². The maximum Gasteiger partial charge on any atom is 0.248 e. The SMILES string of the molecule is NC(=O)c1ccc(Oc2cncc(Cl)c2)c(N)c1. The first-order valence-electron chi connectivity index (χ1n) is 5.04. The molecule has 4 N–H and O–H groups in total. The molecule has 0 atom stereocenters. The van der Waals surface area contributed by atoms with Crippen molar-refractivity contribution in [3.05, 3.63) is 47.2 Å². The van der Waals surface area contributed by atoms with Crippen LogP contribution in [0.1, 0.15) is 10.4 Å². The zero-order chi connectivity index (χ0) is 13.1. The van der Waals surface area contributed by atoms with Crippen LogP contribution >= 0.6 is 11.6 Å². The zero-order valence-corrected chi connectivity index (χ0v) is 10.0. The summed E-state index contributed by atoms with van der Waals surface area (Å²) in [4.78, 5) is 14.8. The van der Waals surface area contributed by atoms with Gasteiger partial charge in [-0.15, -0.1) is 0 Å². The molecule has 0 bridgehead atoms. The Balaban J connectivity index is 2.27. The Kier molecular flexibility index (Phi) is 3.34. The lowest BCUT2D eigenvalue weighted by Crippen LogP contribution is -2.11. The molecule has 1 amide bonds. The molecule has 0 aliphatic carbocycles. The number of benzene rings is 1. The Morgan fingerprint density at radius 2 is 2.06 bits per heavy atom. The van der Waals surface area contributed by atoms with Gasteiger partial charge in [0.2, 0.25) is 5.91 Å². The molecule has 0 saturated heterocycles. The van der Waals surface area contributed by atoms with Crippen molar-refractivity contribution in [2.45, 2.75) is 0 Å². The highest BCUT2D eigenvalue weighted by atomic mass is 35.5. The minimum atomic E-state index is -0.544. The second kappa shape index (κ2) is 4.93. The fourth-order valence-electron chi connectivity index (χ4n) is 1.37. The molecule has 1 heterocycles. The number of nitrogens with zero attached hydrogens (tertiary/aromatic N) is 1. The summed E-state index contributed by atoms with van der Waals surface area (Å²) in [5.74, 6) is 0.322. The number of pyridine rings is 1. The summed E-state index contributed by atoms with van der Waals surface area (Å²) >= 11 is 5.78. The van der Waals surface area contributed by atoms with Crippen LogP contribution in [-0.4, -0.2) is 10.9 Å². The van der Waals surface area contributed by atoms with E-state index in [4.69, 9.17) is 27.8 Å². The third kappa shape index (κ3) is 2.70. The number of hydrogen-bond acceptors (Lipinski definition) is 4. The summed E-state index contributed by atoms with van der Waals surface area (Å²) in [6.45, 7) is 0. The van der Waals surface area contributed by atoms with Gasteiger partial charge in [0, 0.05) is 17.8 Å². The van der Waals surface area contributed by atoms with Gasteiger partial charge in [0.1, 0.15) is 11.5 Å². The largest absolute Gasteiger partial charge is 0.454 e. The van der Waals surface area contributed by atoms with Crippen LogP contribution < -0.4 is 16.2 Å². The lowest BCUT2D eigenvalue weighted by molar-refractivity contribution is 0.100. The number of aromatic nitrogens is 1. The van der Waals surface area contributed by atoms with Crippen molar-refractivity contribution < 1.29 is 9.53 Å². The number of hydrogen-bond donors (Lipinski definition) is 2. The van der Waals surface area contributed by atoms with Gasteiger partial charge in [-0.1, -0.05) is 11.6 Å². The Bertz CT molecular complexity index is 602. The zero-order valence-electron chi connectivity index (χ0n) is 9.26. The average Bonchev–Trinajstić information content (AvgIpc) is 2.31. The van der Waals surface area contributed by atoms with Crippen molar-refractivity contribution in [3.63, 3.8) is 0 Å². The lowest BCUT2D eigenvalue weighted by atomic mass is 10.2. The first-order valence-corrected chi connectivity index (χ1v) is 5.42. The van der Waals surface area contributed by atoms with Crippen LogP contribution in [0.3, 0.4) is 0 Å². The predicted octanol–water partition coefficient (Wildman–Crippen LogP) is 2.21. The minimum absolute atomic E-state index is 0.311. The van der Waals surface area contributed by atoms with Gasteiger partial charge in [-0.2, -0.15) is 0 Å². The highest BCUT2D eigenvalue weighted by molar-refractivity contribution is 6.30. The average molecular weight is 264 g/mol. The molecule has 0 aliphatic heterocycles. The van der Waals surface area contributed by atoms with Crippen molar-refractivity contribution in [3.8, 4) is 11.5 Å². The third-order valence-corrected chi connectivity index (χ3v) is 2.41. The van der Waals surface area contributed by atoms with Crippen molar-refractivity contribution in [2.24, 2.45) is 5.73 Å². The van der Waals surface area contributed by atoms with E-state index in [1.165, 1.54) is 24.5 Å². The van der Waals surface area contributed by atoms with E-state index in [1.54, 1.807) is 12.1 Å². The first-order chi connectivity index (χ1) is 8.56. The Morgan fingerprint density at radius 3 is 2.67 bits per heavy atom. The number of amides is 1. The Morgan fingerprint density at radius 1 is 1.28 bits per heavy atom. The van der Waals surface area contributed by atoms with E-state index in [0.29, 0.717) is 27.8 Å². The summed E-state index contributed by atoms with van der Waals surface area (Å²) in [7, 11) is 0. The quantitative estimate of drug-likeness (QED) is 0.831. The van der Waals surface area contributed by atoms with Gasteiger partial charge in [-0.3, -0.25) is 9.78 Å². The van der Waals surface area contributed by atoms with Crippen LogP contribution in [0, 0.1) is 0 Å². The van der Waals surface area contributed by atoms with Gasteiger partial charge >= 0.3 is 0 Å². The highest BCUT2D eigenvalue weighted by Gasteiger charge is 2.07. The topological polar surface area (TPSA) is 91.2 Å². The molecular formula is C12H10ClN3O2. The number of carbonyl (C=O) groups excluding carboxylic acids is 1. The smallest absolute Gasteiger partial charge is 0.248 e. The molecular weight excluding hydrogens is 254 g/mol. The maximum atomic E-state index is 11.0. The molecule has 5 nitrogen and oxygen atoms in total. The molecule has 18 heavy (non-hydrogen) atoms. The molecule has 0 radical (unpaired) electrons. The number of primary amides is 1.